The van der Waals surface area contributed by atoms with Gasteiger partial charge in [-0.1, -0.05) is 0 Å². The van der Waals surface area contributed by atoms with Crippen LogP contribution in [0.4, 0.5) is 0 Å². The highest BCUT2D eigenvalue weighted by Gasteiger charge is 2.11. The maximum atomic E-state index is 9.39. The van der Waals surface area contributed by atoms with Crippen LogP contribution < -0.4 is 5.32 Å². The average molecular weight is 169 g/mol. The van der Waals surface area contributed by atoms with Gasteiger partial charge in [-0.25, -0.2) is 0 Å². The second kappa shape index (κ2) is 5.18. The Hall–Kier alpha value is -0.520. The molecule has 0 radical (unpaired) electrons. The van der Waals surface area contributed by atoms with E-state index < -0.39 is 0 Å². The highest BCUT2D eigenvalue weighted by Crippen LogP contribution is 2.00. The van der Waals surface area contributed by atoms with Crippen LogP contribution in [0.1, 0.15) is 33.6 Å². The molecule has 0 aliphatic heterocycles. The third-order valence-electron chi connectivity index (χ3n) is 1.49. The van der Waals surface area contributed by atoms with E-state index in [0.29, 0.717) is 19.4 Å². The van der Waals surface area contributed by atoms with Gasteiger partial charge in [-0.05, 0) is 27.2 Å². The van der Waals surface area contributed by atoms with Crippen LogP contribution in [-0.4, -0.2) is 23.3 Å². The molecule has 70 valence electrons. The van der Waals surface area contributed by atoms with Crippen molar-refractivity contribution in [1.82, 2.24) is 5.32 Å². The smallest absolute Gasteiger partial charge is 0.0673 e. The first-order chi connectivity index (χ1) is 5.45. The molecule has 2 heteroatoms. The predicted molar refractivity (Wildman–Crippen MR) is 51.8 cm³/mol. The van der Waals surface area contributed by atoms with E-state index in [-0.39, 0.29) is 11.6 Å². The van der Waals surface area contributed by atoms with Crippen molar-refractivity contribution in [2.75, 3.05) is 6.54 Å². The van der Waals surface area contributed by atoms with Gasteiger partial charge in [0.1, 0.15) is 0 Å². The number of β-amino-alcohol motifs (C(OH)–C–C–N with tert-alkyl or cyclic N) is 1. The molecule has 0 spiro atoms. The second-order valence-corrected chi connectivity index (χ2v) is 4.03. The summed E-state index contributed by atoms with van der Waals surface area (Å²) >= 11 is 0. The van der Waals surface area contributed by atoms with E-state index in [9.17, 15) is 5.11 Å². The zero-order valence-electron chi connectivity index (χ0n) is 8.22. The van der Waals surface area contributed by atoms with Crippen molar-refractivity contribution >= 4 is 0 Å². The van der Waals surface area contributed by atoms with Gasteiger partial charge in [0.2, 0.25) is 0 Å². The van der Waals surface area contributed by atoms with Crippen molar-refractivity contribution in [2.45, 2.75) is 45.3 Å². The van der Waals surface area contributed by atoms with Crippen LogP contribution in [0.3, 0.4) is 0 Å². The van der Waals surface area contributed by atoms with E-state index in [2.05, 4.69) is 32.0 Å². The van der Waals surface area contributed by atoms with Gasteiger partial charge >= 0.3 is 0 Å². The SMILES string of the molecule is C#CCCC(O)CNC(C)(C)C. The van der Waals surface area contributed by atoms with E-state index in [1.54, 1.807) is 0 Å². The molecule has 0 heterocycles. The van der Waals surface area contributed by atoms with E-state index in [1.807, 2.05) is 0 Å². The minimum atomic E-state index is -0.319. The van der Waals surface area contributed by atoms with Crippen LogP contribution in [0.15, 0.2) is 0 Å². The normalized spacial score (nSPS) is 13.9. The van der Waals surface area contributed by atoms with Gasteiger partial charge in [0.25, 0.3) is 0 Å². The molecule has 2 N–H and O–H groups in total. The Bertz CT molecular complexity index is 152. The highest BCUT2D eigenvalue weighted by molar-refractivity contribution is 4.85. The molecule has 0 aliphatic carbocycles. The minimum absolute atomic E-state index is 0.0666. The maximum absolute atomic E-state index is 9.39. The van der Waals surface area contributed by atoms with Gasteiger partial charge in [-0.3, -0.25) is 0 Å². The monoisotopic (exact) mass is 169 g/mol. The lowest BCUT2D eigenvalue weighted by Gasteiger charge is -2.22. The molecule has 0 bridgehead atoms. The first-order valence-electron chi connectivity index (χ1n) is 4.32. The average Bonchev–Trinajstić information content (AvgIpc) is 1.95. The lowest BCUT2D eigenvalue weighted by Crippen LogP contribution is -2.40. The highest BCUT2D eigenvalue weighted by atomic mass is 16.3. The lowest BCUT2D eigenvalue weighted by atomic mass is 10.1. The standard InChI is InChI=1S/C10H19NO/c1-5-6-7-9(12)8-11-10(2,3)4/h1,9,11-12H,6-8H2,2-4H3. The fourth-order valence-corrected chi connectivity index (χ4v) is 0.776. The van der Waals surface area contributed by atoms with Gasteiger partial charge in [0, 0.05) is 18.5 Å². The first kappa shape index (κ1) is 11.5. The summed E-state index contributed by atoms with van der Waals surface area (Å²) in [7, 11) is 0. The number of hydrogen-bond donors (Lipinski definition) is 2. The summed E-state index contributed by atoms with van der Waals surface area (Å²) in [6.45, 7) is 6.83. The van der Waals surface area contributed by atoms with Gasteiger partial charge in [-0.15, -0.1) is 12.3 Å². The maximum Gasteiger partial charge on any atom is 0.0673 e. The largest absolute Gasteiger partial charge is 0.392 e. The van der Waals surface area contributed by atoms with E-state index in [1.165, 1.54) is 0 Å². The van der Waals surface area contributed by atoms with Gasteiger partial charge in [0.15, 0.2) is 0 Å². The van der Waals surface area contributed by atoms with E-state index in [4.69, 9.17) is 6.42 Å². The molecule has 2 nitrogen and oxygen atoms in total. The number of aliphatic hydroxyl groups excluding tert-OH is 1. The zero-order valence-corrected chi connectivity index (χ0v) is 8.22. The van der Waals surface area contributed by atoms with Crippen LogP contribution in [0.25, 0.3) is 0 Å². The Labute approximate surface area is 75.4 Å². The molecule has 0 aromatic carbocycles. The molecule has 1 unspecified atom stereocenters. The van der Waals surface area contributed by atoms with Crippen molar-refractivity contribution in [2.24, 2.45) is 0 Å². The summed E-state index contributed by atoms with van der Waals surface area (Å²) in [5.74, 6) is 2.51. The van der Waals surface area contributed by atoms with Gasteiger partial charge < -0.3 is 10.4 Å². The third-order valence-corrected chi connectivity index (χ3v) is 1.49. The van der Waals surface area contributed by atoms with Crippen LogP contribution in [0, 0.1) is 12.3 Å². The van der Waals surface area contributed by atoms with Crippen molar-refractivity contribution < 1.29 is 5.11 Å². The predicted octanol–water partition coefficient (Wildman–Crippen LogP) is 1.15. The molecule has 0 aromatic heterocycles. The van der Waals surface area contributed by atoms with Crippen molar-refractivity contribution in [3.63, 3.8) is 0 Å². The number of nitrogens with one attached hydrogen (secondary N) is 1. The van der Waals surface area contributed by atoms with Gasteiger partial charge in [-0.2, -0.15) is 0 Å². The number of terminal acetylenes is 1. The van der Waals surface area contributed by atoms with Crippen LogP contribution in [0.2, 0.25) is 0 Å². The molecule has 1 atom stereocenters. The van der Waals surface area contributed by atoms with Crippen LogP contribution in [0.5, 0.6) is 0 Å². The molecule has 12 heavy (non-hydrogen) atoms. The number of aliphatic hydroxyl groups is 1. The molecule has 0 amide bonds. The molecule has 0 aromatic rings. The van der Waals surface area contributed by atoms with Crippen molar-refractivity contribution in [1.29, 1.82) is 0 Å². The summed E-state index contributed by atoms with van der Waals surface area (Å²) in [6, 6.07) is 0. The number of hydrogen-bond acceptors (Lipinski definition) is 2. The molecular weight excluding hydrogens is 150 g/mol. The van der Waals surface area contributed by atoms with E-state index >= 15 is 0 Å². The molecule has 0 rings (SSSR count). The molecule has 0 saturated heterocycles. The lowest BCUT2D eigenvalue weighted by molar-refractivity contribution is 0.153. The summed E-state index contributed by atoms with van der Waals surface area (Å²) < 4.78 is 0. The van der Waals surface area contributed by atoms with Crippen molar-refractivity contribution in [3.05, 3.63) is 0 Å². The Balaban J connectivity index is 3.45. The fraction of sp³-hybridized carbons (Fsp3) is 0.800. The number of rotatable bonds is 4. The Morgan fingerprint density at radius 3 is 2.50 bits per heavy atom. The summed E-state index contributed by atoms with van der Waals surface area (Å²) in [4.78, 5) is 0. The van der Waals surface area contributed by atoms with Crippen LogP contribution in [-0.2, 0) is 0 Å². The fourth-order valence-electron chi connectivity index (χ4n) is 0.776. The second-order valence-electron chi connectivity index (χ2n) is 4.03. The minimum Gasteiger partial charge on any atom is -0.392 e. The Morgan fingerprint density at radius 1 is 1.50 bits per heavy atom. The quantitative estimate of drug-likeness (QED) is 0.619. The molecule has 0 fully saturated rings. The summed E-state index contributed by atoms with van der Waals surface area (Å²) in [5.41, 5.74) is 0.0666. The third kappa shape index (κ3) is 7.59. The van der Waals surface area contributed by atoms with Crippen LogP contribution >= 0.6 is 0 Å². The zero-order chi connectivity index (χ0) is 9.61. The first-order valence-corrected chi connectivity index (χ1v) is 4.32. The topological polar surface area (TPSA) is 32.3 Å². The summed E-state index contributed by atoms with van der Waals surface area (Å²) in [5, 5.41) is 12.6. The molecular formula is C10H19NO. The van der Waals surface area contributed by atoms with Crippen molar-refractivity contribution in [3.8, 4) is 12.3 Å². The molecule has 0 aliphatic rings. The summed E-state index contributed by atoms with van der Waals surface area (Å²) in [6.07, 6.45) is 6.08. The Kier molecular flexibility index (Phi) is 4.96. The van der Waals surface area contributed by atoms with Gasteiger partial charge in [0.05, 0.1) is 6.10 Å². The molecule has 0 saturated carbocycles. The Morgan fingerprint density at radius 2 is 2.08 bits per heavy atom. The van der Waals surface area contributed by atoms with E-state index in [0.717, 1.165) is 0 Å².